The molecule has 3 aromatic rings. The van der Waals surface area contributed by atoms with E-state index in [0.29, 0.717) is 36.3 Å². The molecule has 1 aliphatic rings. The Labute approximate surface area is 192 Å². The molecule has 0 bridgehead atoms. The molecule has 1 saturated carbocycles. The number of hydrogen-bond donors (Lipinski definition) is 0. The second kappa shape index (κ2) is 10.3. The van der Waals surface area contributed by atoms with Gasteiger partial charge in [0.05, 0.1) is 26.9 Å². The fourth-order valence-corrected chi connectivity index (χ4v) is 4.43. The lowest BCUT2D eigenvalue weighted by atomic mass is 9.82. The SMILES string of the molecule is COc1ccc(-c2ccc(C3CCC(OCc4ccc(OC)c(F)c4)CC3)c(F)c2F)cc1. The molecule has 0 aromatic heterocycles. The van der Waals surface area contributed by atoms with E-state index in [2.05, 4.69) is 0 Å². The minimum atomic E-state index is -0.822. The molecular formula is C27H27F3O3. The summed E-state index contributed by atoms with van der Waals surface area (Å²) in [6.07, 6.45) is 2.91. The van der Waals surface area contributed by atoms with Crippen molar-refractivity contribution in [1.82, 2.24) is 0 Å². The van der Waals surface area contributed by atoms with Gasteiger partial charge in [0.15, 0.2) is 23.2 Å². The fraction of sp³-hybridized carbons (Fsp3) is 0.333. The maximum atomic E-state index is 15.0. The van der Waals surface area contributed by atoms with Gasteiger partial charge in [0.25, 0.3) is 0 Å². The van der Waals surface area contributed by atoms with E-state index in [1.807, 2.05) is 0 Å². The maximum Gasteiger partial charge on any atom is 0.166 e. The smallest absolute Gasteiger partial charge is 0.166 e. The molecular weight excluding hydrogens is 429 g/mol. The highest BCUT2D eigenvalue weighted by atomic mass is 19.2. The van der Waals surface area contributed by atoms with Crippen molar-refractivity contribution in [3.63, 3.8) is 0 Å². The van der Waals surface area contributed by atoms with E-state index in [1.165, 1.54) is 13.2 Å². The van der Waals surface area contributed by atoms with Gasteiger partial charge < -0.3 is 14.2 Å². The summed E-state index contributed by atoms with van der Waals surface area (Å²) in [5, 5.41) is 0. The lowest BCUT2D eigenvalue weighted by Gasteiger charge is -2.29. The highest BCUT2D eigenvalue weighted by molar-refractivity contribution is 5.65. The lowest BCUT2D eigenvalue weighted by molar-refractivity contribution is 0.0130. The summed E-state index contributed by atoms with van der Waals surface area (Å²) in [7, 11) is 2.98. The van der Waals surface area contributed by atoms with Crippen molar-refractivity contribution >= 4 is 0 Å². The van der Waals surface area contributed by atoms with Gasteiger partial charge in [-0.25, -0.2) is 13.2 Å². The summed E-state index contributed by atoms with van der Waals surface area (Å²) >= 11 is 0. The van der Waals surface area contributed by atoms with E-state index >= 15 is 0 Å². The van der Waals surface area contributed by atoms with Crippen LogP contribution in [0, 0.1) is 17.5 Å². The zero-order chi connectivity index (χ0) is 23.4. The van der Waals surface area contributed by atoms with Gasteiger partial charge in [-0.2, -0.15) is 0 Å². The van der Waals surface area contributed by atoms with Gasteiger partial charge in [-0.3, -0.25) is 0 Å². The van der Waals surface area contributed by atoms with Crippen LogP contribution in [0.25, 0.3) is 11.1 Å². The summed E-state index contributed by atoms with van der Waals surface area (Å²) in [6.45, 7) is 0.301. The average molecular weight is 457 g/mol. The van der Waals surface area contributed by atoms with Gasteiger partial charge >= 0.3 is 0 Å². The first kappa shape index (κ1) is 23.2. The molecule has 3 nitrogen and oxygen atoms in total. The van der Waals surface area contributed by atoms with Crippen LogP contribution in [0.3, 0.4) is 0 Å². The van der Waals surface area contributed by atoms with Crippen molar-refractivity contribution in [2.45, 2.75) is 44.3 Å². The quantitative estimate of drug-likeness (QED) is 0.382. The molecule has 0 spiro atoms. The van der Waals surface area contributed by atoms with Crippen LogP contribution in [0.5, 0.6) is 11.5 Å². The third-order valence-corrected chi connectivity index (χ3v) is 6.33. The lowest BCUT2D eigenvalue weighted by Crippen LogP contribution is -2.21. The molecule has 0 heterocycles. The molecule has 0 aliphatic heterocycles. The van der Waals surface area contributed by atoms with E-state index in [0.717, 1.165) is 18.4 Å². The molecule has 0 radical (unpaired) electrons. The Bertz CT molecular complexity index is 1090. The Morgan fingerprint density at radius 2 is 1.52 bits per heavy atom. The van der Waals surface area contributed by atoms with Crippen LogP contribution in [0.4, 0.5) is 13.2 Å². The van der Waals surface area contributed by atoms with E-state index in [1.54, 1.807) is 55.6 Å². The van der Waals surface area contributed by atoms with E-state index < -0.39 is 17.5 Å². The Morgan fingerprint density at radius 3 is 2.15 bits per heavy atom. The molecule has 0 saturated heterocycles. The van der Waals surface area contributed by atoms with Crippen LogP contribution < -0.4 is 9.47 Å². The van der Waals surface area contributed by atoms with E-state index in [-0.39, 0.29) is 23.3 Å². The Balaban J connectivity index is 1.37. The molecule has 0 N–H and O–H groups in total. The highest BCUT2D eigenvalue weighted by Gasteiger charge is 2.27. The van der Waals surface area contributed by atoms with Crippen molar-refractivity contribution in [3.8, 4) is 22.6 Å². The monoisotopic (exact) mass is 456 g/mol. The second-order valence-electron chi connectivity index (χ2n) is 8.31. The average Bonchev–Trinajstić information content (AvgIpc) is 2.85. The van der Waals surface area contributed by atoms with Gasteiger partial charge in [0, 0.05) is 5.56 Å². The number of hydrogen-bond acceptors (Lipinski definition) is 3. The first-order valence-electron chi connectivity index (χ1n) is 11.1. The van der Waals surface area contributed by atoms with Crippen LogP contribution in [0.2, 0.25) is 0 Å². The minimum Gasteiger partial charge on any atom is -0.497 e. The summed E-state index contributed by atoms with van der Waals surface area (Å²) in [5.74, 6) is -1.21. The Hall–Kier alpha value is -2.99. The number of methoxy groups -OCH3 is 2. The molecule has 3 aromatic carbocycles. The molecule has 0 amide bonds. The second-order valence-corrected chi connectivity index (χ2v) is 8.31. The molecule has 33 heavy (non-hydrogen) atoms. The largest absolute Gasteiger partial charge is 0.497 e. The van der Waals surface area contributed by atoms with Crippen LogP contribution in [-0.2, 0) is 11.3 Å². The molecule has 0 atom stereocenters. The van der Waals surface area contributed by atoms with Crippen LogP contribution >= 0.6 is 0 Å². The van der Waals surface area contributed by atoms with Gasteiger partial charge in [-0.15, -0.1) is 0 Å². The van der Waals surface area contributed by atoms with Gasteiger partial charge in [-0.1, -0.05) is 30.3 Å². The maximum absolute atomic E-state index is 15.0. The highest BCUT2D eigenvalue weighted by Crippen LogP contribution is 2.38. The first-order valence-corrected chi connectivity index (χ1v) is 11.1. The summed E-state index contributed by atoms with van der Waals surface area (Å²) < 4.78 is 59.7. The van der Waals surface area contributed by atoms with Crippen LogP contribution in [0.1, 0.15) is 42.7 Å². The first-order chi connectivity index (χ1) is 16.0. The number of rotatable bonds is 7. The number of benzene rings is 3. The Kier molecular flexibility index (Phi) is 7.23. The molecule has 1 fully saturated rings. The normalized spacial score (nSPS) is 18.2. The molecule has 4 rings (SSSR count). The Morgan fingerprint density at radius 1 is 0.788 bits per heavy atom. The summed E-state index contributed by atoms with van der Waals surface area (Å²) in [4.78, 5) is 0. The van der Waals surface area contributed by atoms with Gasteiger partial charge in [-0.05, 0) is 72.6 Å². The van der Waals surface area contributed by atoms with Crippen molar-refractivity contribution < 1.29 is 27.4 Å². The predicted molar refractivity (Wildman–Crippen MR) is 121 cm³/mol. The summed E-state index contributed by atoms with van der Waals surface area (Å²) in [6, 6.07) is 15.0. The van der Waals surface area contributed by atoms with Crippen molar-refractivity contribution in [3.05, 3.63) is 83.2 Å². The van der Waals surface area contributed by atoms with Crippen LogP contribution in [0.15, 0.2) is 54.6 Å². The van der Waals surface area contributed by atoms with Crippen LogP contribution in [-0.4, -0.2) is 20.3 Å². The zero-order valence-corrected chi connectivity index (χ0v) is 18.7. The molecule has 0 unspecified atom stereocenters. The number of ether oxygens (including phenoxy) is 3. The van der Waals surface area contributed by atoms with Gasteiger partial charge in [0.1, 0.15) is 5.75 Å². The molecule has 174 valence electrons. The molecule has 6 heteroatoms. The van der Waals surface area contributed by atoms with E-state index in [9.17, 15) is 13.2 Å². The van der Waals surface area contributed by atoms with Crippen molar-refractivity contribution in [1.29, 1.82) is 0 Å². The van der Waals surface area contributed by atoms with E-state index in [4.69, 9.17) is 14.2 Å². The minimum absolute atomic E-state index is 0.0119. The molecule has 1 aliphatic carbocycles. The topological polar surface area (TPSA) is 27.7 Å². The summed E-state index contributed by atoms with van der Waals surface area (Å²) in [5.41, 5.74) is 1.99. The predicted octanol–water partition coefficient (Wildman–Crippen LogP) is 7.03. The fourth-order valence-electron chi connectivity index (χ4n) is 4.43. The van der Waals surface area contributed by atoms with Gasteiger partial charge in [0.2, 0.25) is 0 Å². The third-order valence-electron chi connectivity index (χ3n) is 6.33. The standard InChI is InChI=1S/C27H27F3O3/c1-31-20-8-4-18(5-9-20)22-12-13-23(27(30)26(22)29)19-6-10-21(11-7-19)33-16-17-3-14-25(32-2)24(28)15-17/h3-5,8-9,12-15,19,21H,6-7,10-11,16H2,1-2H3. The number of halogens is 3. The van der Waals surface area contributed by atoms with Crippen molar-refractivity contribution in [2.75, 3.05) is 14.2 Å². The van der Waals surface area contributed by atoms with Crippen molar-refractivity contribution in [2.24, 2.45) is 0 Å². The zero-order valence-electron chi connectivity index (χ0n) is 18.7. The third kappa shape index (κ3) is 5.17.